The number of anilines is 3. The van der Waals surface area contributed by atoms with Crippen LogP contribution in [-0.4, -0.2) is 24.1 Å². The third-order valence-corrected chi connectivity index (χ3v) is 6.05. The van der Waals surface area contributed by atoms with E-state index >= 15 is 0 Å². The smallest absolute Gasteiger partial charge is 0.307 e. The van der Waals surface area contributed by atoms with E-state index in [-0.39, 0.29) is 13.0 Å². The highest BCUT2D eigenvalue weighted by Gasteiger charge is 2.15. The second kappa shape index (κ2) is 11.6. The van der Waals surface area contributed by atoms with Gasteiger partial charge in [0.25, 0.3) is 5.91 Å². The zero-order valence-corrected chi connectivity index (χ0v) is 21.0. The Balaban J connectivity index is 1.77. The standard InChI is InChI=1S/C30H28FN3O4/c1-18-7-8-26(38-2)16-28(18)33-25-13-22(21-9-19(17-32)10-24(31)12-21)11-23(14-25)30(37)34-27-6-4-3-5-20(27)15-29(35)36/h3-14,16,33H,15,17,32H2,1-2H3,(H,34,37)(H,35,36). The van der Waals surface area contributed by atoms with Crippen molar-refractivity contribution in [2.45, 2.75) is 19.9 Å². The van der Waals surface area contributed by atoms with Gasteiger partial charge in [-0.2, -0.15) is 0 Å². The van der Waals surface area contributed by atoms with Gasteiger partial charge in [-0.15, -0.1) is 0 Å². The number of halogens is 1. The molecule has 0 aromatic heterocycles. The molecule has 0 atom stereocenters. The van der Waals surface area contributed by atoms with E-state index in [1.807, 2.05) is 31.2 Å². The summed E-state index contributed by atoms with van der Waals surface area (Å²) in [5.74, 6) is -1.21. The molecule has 4 aromatic rings. The molecular formula is C30H28FN3O4. The Morgan fingerprint density at radius 3 is 2.45 bits per heavy atom. The largest absolute Gasteiger partial charge is 0.497 e. The number of carbonyl (C=O) groups excluding carboxylic acids is 1. The highest BCUT2D eigenvalue weighted by molar-refractivity contribution is 6.06. The van der Waals surface area contributed by atoms with E-state index in [2.05, 4.69) is 10.6 Å². The van der Waals surface area contributed by atoms with Crippen molar-refractivity contribution in [2.75, 3.05) is 17.7 Å². The van der Waals surface area contributed by atoms with Gasteiger partial charge in [0.05, 0.1) is 13.5 Å². The lowest BCUT2D eigenvalue weighted by molar-refractivity contribution is -0.136. The average Bonchev–Trinajstić information content (AvgIpc) is 2.90. The van der Waals surface area contributed by atoms with Crippen molar-refractivity contribution in [2.24, 2.45) is 5.73 Å². The summed E-state index contributed by atoms with van der Waals surface area (Å²) in [6.45, 7) is 2.11. The van der Waals surface area contributed by atoms with Gasteiger partial charge in [0, 0.05) is 35.2 Å². The number of carbonyl (C=O) groups is 2. The minimum atomic E-state index is -1.00. The van der Waals surface area contributed by atoms with Gasteiger partial charge in [0.1, 0.15) is 11.6 Å². The summed E-state index contributed by atoms with van der Waals surface area (Å²) in [4.78, 5) is 24.7. The van der Waals surface area contributed by atoms with Crippen molar-refractivity contribution >= 4 is 28.9 Å². The Morgan fingerprint density at radius 1 is 0.947 bits per heavy atom. The number of hydrogen-bond donors (Lipinski definition) is 4. The number of benzene rings is 4. The maximum atomic E-state index is 14.4. The van der Waals surface area contributed by atoms with Crippen LogP contribution in [0.25, 0.3) is 11.1 Å². The number of carboxylic acid groups (broad SMARTS) is 1. The Labute approximate surface area is 220 Å². The van der Waals surface area contributed by atoms with Crippen LogP contribution >= 0.6 is 0 Å². The highest BCUT2D eigenvalue weighted by Crippen LogP contribution is 2.31. The number of nitrogens with one attached hydrogen (secondary N) is 2. The van der Waals surface area contributed by atoms with Gasteiger partial charge in [-0.1, -0.05) is 24.3 Å². The first-order chi connectivity index (χ1) is 18.2. The number of aliphatic carboxylic acids is 1. The number of rotatable bonds is 9. The number of amides is 1. The van der Waals surface area contributed by atoms with Gasteiger partial charge < -0.3 is 26.2 Å². The Hall–Kier alpha value is -4.69. The molecule has 0 fully saturated rings. The summed E-state index contributed by atoms with van der Waals surface area (Å²) in [5.41, 5.74) is 11.1. The first kappa shape index (κ1) is 26.4. The first-order valence-electron chi connectivity index (χ1n) is 11.9. The number of methoxy groups -OCH3 is 1. The van der Waals surface area contributed by atoms with Gasteiger partial charge in [-0.25, -0.2) is 4.39 Å². The quantitative estimate of drug-likeness (QED) is 0.222. The van der Waals surface area contributed by atoms with Crippen LogP contribution in [0.3, 0.4) is 0 Å². The number of carboxylic acids is 1. The fourth-order valence-electron chi connectivity index (χ4n) is 4.10. The Morgan fingerprint density at radius 2 is 1.71 bits per heavy atom. The SMILES string of the molecule is COc1ccc(C)c(Nc2cc(C(=O)Nc3ccccc3CC(=O)O)cc(-c3cc(F)cc(CN)c3)c2)c1. The van der Waals surface area contributed by atoms with Crippen LogP contribution < -0.4 is 21.1 Å². The van der Waals surface area contributed by atoms with Gasteiger partial charge in [-0.05, 0) is 83.3 Å². The molecule has 4 rings (SSSR count). The molecule has 0 spiro atoms. The third kappa shape index (κ3) is 6.35. The zero-order chi connectivity index (χ0) is 27.2. The van der Waals surface area contributed by atoms with Crippen LogP contribution in [0.15, 0.2) is 78.9 Å². The van der Waals surface area contributed by atoms with Gasteiger partial charge in [-0.3, -0.25) is 9.59 Å². The first-order valence-corrected chi connectivity index (χ1v) is 11.9. The monoisotopic (exact) mass is 513 g/mol. The van der Waals surface area contributed by atoms with E-state index in [1.54, 1.807) is 49.6 Å². The van der Waals surface area contributed by atoms with E-state index in [4.69, 9.17) is 10.5 Å². The highest BCUT2D eigenvalue weighted by atomic mass is 19.1. The van der Waals surface area contributed by atoms with Crippen molar-refractivity contribution in [3.63, 3.8) is 0 Å². The lowest BCUT2D eigenvalue weighted by atomic mass is 9.99. The van der Waals surface area contributed by atoms with Crippen molar-refractivity contribution in [3.05, 3.63) is 107 Å². The molecule has 0 bridgehead atoms. The number of aryl methyl sites for hydroxylation is 1. The number of ether oxygens (including phenoxy) is 1. The number of hydrogen-bond acceptors (Lipinski definition) is 5. The van der Waals surface area contributed by atoms with Crippen LogP contribution in [-0.2, 0) is 17.8 Å². The lowest BCUT2D eigenvalue weighted by Gasteiger charge is -2.16. The van der Waals surface area contributed by atoms with Crippen LogP contribution in [0.4, 0.5) is 21.5 Å². The second-order valence-corrected chi connectivity index (χ2v) is 8.84. The minimum Gasteiger partial charge on any atom is -0.497 e. The normalized spacial score (nSPS) is 10.6. The summed E-state index contributed by atoms with van der Waals surface area (Å²) >= 11 is 0. The van der Waals surface area contributed by atoms with Crippen molar-refractivity contribution in [1.82, 2.24) is 0 Å². The van der Waals surface area contributed by atoms with Crippen LogP contribution in [0.5, 0.6) is 5.75 Å². The van der Waals surface area contributed by atoms with Gasteiger partial charge in [0.2, 0.25) is 0 Å². The molecular weight excluding hydrogens is 485 g/mol. The predicted molar refractivity (Wildman–Crippen MR) is 146 cm³/mol. The molecule has 194 valence electrons. The molecule has 1 amide bonds. The van der Waals surface area contributed by atoms with Crippen molar-refractivity contribution in [1.29, 1.82) is 0 Å². The van der Waals surface area contributed by atoms with E-state index in [0.29, 0.717) is 44.9 Å². The van der Waals surface area contributed by atoms with Gasteiger partial charge >= 0.3 is 5.97 Å². The fourth-order valence-corrected chi connectivity index (χ4v) is 4.10. The summed E-state index contributed by atoms with van der Waals surface area (Å²) < 4.78 is 19.7. The fraction of sp³-hybridized carbons (Fsp3) is 0.133. The molecule has 5 N–H and O–H groups in total. The molecule has 0 saturated heterocycles. The average molecular weight is 514 g/mol. The van der Waals surface area contributed by atoms with Crippen LogP contribution in [0.1, 0.15) is 27.0 Å². The molecule has 0 heterocycles. The Kier molecular flexibility index (Phi) is 8.03. The van der Waals surface area contributed by atoms with Gasteiger partial charge in [0.15, 0.2) is 0 Å². The molecule has 0 radical (unpaired) electrons. The van der Waals surface area contributed by atoms with E-state index in [1.165, 1.54) is 12.1 Å². The maximum Gasteiger partial charge on any atom is 0.307 e. The van der Waals surface area contributed by atoms with Crippen LogP contribution in [0.2, 0.25) is 0 Å². The second-order valence-electron chi connectivity index (χ2n) is 8.84. The molecule has 0 saturated carbocycles. The molecule has 8 heteroatoms. The summed E-state index contributed by atoms with van der Waals surface area (Å²) in [7, 11) is 1.58. The zero-order valence-electron chi connectivity index (χ0n) is 21.0. The Bertz CT molecular complexity index is 1500. The summed E-state index contributed by atoms with van der Waals surface area (Å²) in [6, 6.07) is 22.1. The molecule has 7 nitrogen and oxygen atoms in total. The third-order valence-electron chi connectivity index (χ3n) is 6.05. The van der Waals surface area contributed by atoms with Crippen molar-refractivity contribution < 1.29 is 23.8 Å². The maximum absolute atomic E-state index is 14.4. The topological polar surface area (TPSA) is 114 Å². The molecule has 0 aliphatic heterocycles. The van der Waals surface area contributed by atoms with E-state index in [9.17, 15) is 19.1 Å². The molecule has 0 unspecified atom stereocenters. The lowest BCUT2D eigenvalue weighted by Crippen LogP contribution is -2.15. The predicted octanol–water partition coefficient (Wildman–Crippen LogP) is 5.89. The van der Waals surface area contributed by atoms with Crippen molar-refractivity contribution in [3.8, 4) is 16.9 Å². The summed E-state index contributed by atoms with van der Waals surface area (Å²) in [6.07, 6.45) is -0.233. The van der Waals surface area contributed by atoms with Crippen LogP contribution in [0, 0.1) is 12.7 Å². The molecule has 4 aromatic carbocycles. The van der Waals surface area contributed by atoms with E-state index in [0.717, 1.165) is 11.3 Å². The molecule has 0 aliphatic rings. The molecule has 0 aliphatic carbocycles. The minimum absolute atomic E-state index is 0.166. The van der Waals surface area contributed by atoms with E-state index < -0.39 is 17.7 Å². The number of nitrogens with two attached hydrogens (primary N) is 1. The molecule has 38 heavy (non-hydrogen) atoms. The summed E-state index contributed by atoms with van der Waals surface area (Å²) in [5, 5.41) is 15.4. The number of para-hydroxylation sites is 1.